The average Bonchev–Trinajstić information content (AvgIpc) is 3.08. The van der Waals surface area contributed by atoms with E-state index in [1.54, 1.807) is 24.3 Å². The quantitative estimate of drug-likeness (QED) is 0.386. The number of furan rings is 1. The predicted molar refractivity (Wildman–Crippen MR) is 96.6 cm³/mol. The Labute approximate surface area is 147 Å². The molecule has 0 radical (unpaired) electrons. The maximum atomic E-state index is 11.7. The van der Waals surface area contributed by atoms with Gasteiger partial charge in [-0.15, -0.1) is 0 Å². The van der Waals surface area contributed by atoms with Gasteiger partial charge < -0.3 is 9.73 Å². The molecule has 1 N–H and O–H groups in total. The number of thiocarbonyl (C=S) groups is 1. The summed E-state index contributed by atoms with van der Waals surface area (Å²) in [5, 5.41) is 13.8. The highest BCUT2D eigenvalue weighted by molar-refractivity contribution is 8.26. The zero-order chi connectivity index (χ0) is 17.4. The molecule has 1 aliphatic heterocycles. The second-order valence-electron chi connectivity index (χ2n) is 5.26. The van der Waals surface area contributed by atoms with Crippen molar-refractivity contribution >= 4 is 46.0 Å². The number of nitro benzene ring substituents is 1. The van der Waals surface area contributed by atoms with Gasteiger partial charge in [-0.25, -0.2) is 0 Å². The summed E-state index contributed by atoms with van der Waals surface area (Å²) in [4.78, 5) is 23.0. The van der Waals surface area contributed by atoms with E-state index in [1.807, 2.05) is 13.8 Å². The van der Waals surface area contributed by atoms with E-state index in [-0.39, 0.29) is 11.6 Å². The summed E-state index contributed by atoms with van der Waals surface area (Å²) < 4.78 is 6.07. The SMILES string of the molecule is Cc1cc(-c2ccc(/C=C3\SC(=S)NC3=O)o2)c([N+](=O)[O-])cc1C. The van der Waals surface area contributed by atoms with Crippen LogP contribution in [0.4, 0.5) is 5.69 Å². The summed E-state index contributed by atoms with van der Waals surface area (Å²) in [6.45, 7) is 3.71. The zero-order valence-electron chi connectivity index (χ0n) is 12.8. The second kappa shape index (κ2) is 6.21. The van der Waals surface area contributed by atoms with Crippen molar-refractivity contribution in [1.82, 2.24) is 5.32 Å². The van der Waals surface area contributed by atoms with Gasteiger partial charge in [-0.1, -0.05) is 24.0 Å². The van der Waals surface area contributed by atoms with Gasteiger partial charge in [-0.3, -0.25) is 14.9 Å². The molecule has 2 aromatic rings. The van der Waals surface area contributed by atoms with Crippen molar-refractivity contribution in [3.05, 3.63) is 56.2 Å². The third kappa shape index (κ3) is 3.10. The molecule has 1 aromatic heterocycles. The lowest BCUT2D eigenvalue weighted by Gasteiger charge is -2.04. The third-order valence-electron chi connectivity index (χ3n) is 3.62. The first-order chi connectivity index (χ1) is 11.3. The van der Waals surface area contributed by atoms with Gasteiger partial charge in [0.05, 0.1) is 15.4 Å². The molecular formula is C16H12N2O4S2. The highest BCUT2D eigenvalue weighted by Crippen LogP contribution is 2.34. The van der Waals surface area contributed by atoms with Crippen molar-refractivity contribution in [3.63, 3.8) is 0 Å². The van der Waals surface area contributed by atoms with Gasteiger partial charge in [0.15, 0.2) is 0 Å². The fourth-order valence-corrected chi connectivity index (χ4v) is 3.30. The lowest BCUT2D eigenvalue weighted by Crippen LogP contribution is -2.17. The van der Waals surface area contributed by atoms with Crippen molar-refractivity contribution in [2.45, 2.75) is 13.8 Å². The summed E-state index contributed by atoms with van der Waals surface area (Å²) in [6, 6.07) is 6.58. The van der Waals surface area contributed by atoms with Crippen LogP contribution in [-0.4, -0.2) is 15.2 Å². The van der Waals surface area contributed by atoms with Gasteiger partial charge in [-0.2, -0.15) is 0 Å². The molecule has 24 heavy (non-hydrogen) atoms. The Morgan fingerprint density at radius 3 is 2.62 bits per heavy atom. The number of hydrogen-bond donors (Lipinski definition) is 1. The third-order valence-corrected chi connectivity index (χ3v) is 4.78. The minimum Gasteiger partial charge on any atom is -0.456 e. The Hall–Kier alpha value is -2.45. The van der Waals surface area contributed by atoms with Crippen LogP contribution in [-0.2, 0) is 4.79 Å². The molecule has 0 aliphatic carbocycles. The number of nitrogens with zero attached hydrogens (tertiary/aromatic N) is 1. The maximum Gasteiger partial charge on any atom is 0.280 e. The van der Waals surface area contributed by atoms with E-state index < -0.39 is 4.92 Å². The first kappa shape index (κ1) is 16.4. The van der Waals surface area contributed by atoms with Crippen LogP contribution in [0.1, 0.15) is 16.9 Å². The zero-order valence-corrected chi connectivity index (χ0v) is 14.4. The van der Waals surface area contributed by atoms with E-state index in [1.165, 1.54) is 6.07 Å². The van der Waals surface area contributed by atoms with E-state index in [0.717, 1.165) is 22.9 Å². The number of nitro groups is 1. The number of rotatable bonds is 3. The molecule has 0 saturated carbocycles. The van der Waals surface area contributed by atoms with Crippen molar-refractivity contribution < 1.29 is 14.1 Å². The van der Waals surface area contributed by atoms with Gasteiger partial charge in [0.2, 0.25) is 0 Å². The fourth-order valence-electron chi connectivity index (χ4n) is 2.27. The Morgan fingerprint density at radius 2 is 2.00 bits per heavy atom. The number of thioether (sulfide) groups is 1. The molecule has 2 heterocycles. The molecule has 1 aliphatic rings. The summed E-state index contributed by atoms with van der Waals surface area (Å²) in [5.41, 5.74) is 2.17. The molecule has 0 unspecified atom stereocenters. The Kier molecular flexibility index (Phi) is 4.25. The minimum absolute atomic E-state index is 0.0131. The van der Waals surface area contributed by atoms with E-state index >= 15 is 0 Å². The molecule has 1 amide bonds. The monoisotopic (exact) mass is 360 g/mol. The molecule has 0 spiro atoms. The van der Waals surface area contributed by atoms with Crippen molar-refractivity contribution in [2.75, 3.05) is 0 Å². The van der Waals surface area contributed by atoms with E-state index in [9.17, 15) is 14.9 Å². The molecule has 1 aromatic carbocycles. The smallest absolute Gasteiger partial charge is 0.280 e. The number of carbonyl (C=O) groups is 1. The molecule has 0 atom stereocenters. The van der Waals surface area contributed by atoms with Crippen molar-refractivity contribution in [2.24, 2.45) is 0 Å². The Morgan fingerprint density at radius 1 is 1.29 bits per heavy atom. The summed E-state index contributed by atoms with van der Waals surface area (Å²) in [5.74, 6) is 0.530. The number of amides is 1. The highest BCUT2D eigenvalue weighted by Gasteiger charge is 2.23. The lowest BCUT2D eigenvalue weighted by molar-refractivity contribution is -0.384. The normalized spacial score (nSPS) is 15.8. The first-order valence-corrected chi connectivity index (χ1v) is 8.18. The predicted octanol–water partition coefficient (Wildman–Crippen LogP) is 3.96. The van der Waals surface area contributed by atoms with Crippen LogP contribution >= 0.6 is 24.0 Å². The van der Waals surface area contributed by atoms with Gasteiger partial charge in [-0.05, 0) is 43.2 Å². The van der Waals surface area contributed by atoms with E-state index in [2.05, 4.69) is 5.32 Å². The van der Waals surface area contributed by atoms with Crippen LogP contribution in [0.15, 0.2) is 33.6 Å². The molecule has 1 fully saturated rings. The maximum absolute atomic E-state index is 11.7. The Balaban J connectivity index is 2.01. The van der Waals surface area contributed by atoms with Crippen molar-refractivity contribution in [3.8, 4) is 11.3 Å². The van der Waals surface area contributed by atoms with Crippen molar-refractivity contribution in [1.29, 1.82) is 0 Å². The van der Waals surface area contributed by atoms with Gasteiger partial charge in [0.25, 0.3) is 11.6 Å². The topological polar surface area (TPSA) is 85.4 Å². The van der Waals surface area contributed by atoms with Gasteiger partial charge >= 0.3 is 0 Å². The Bertz CT molecular complexity index is 915. The van der Waals surface area contributed by atoms with Crippen LogP contribution < -0.4 is 5.32 Å². The average molecular weight is 360 g/mol. The number of carbonyl (C=O) groups excluding carboxylic acids is 1. The molecule has 1 saturated heterocycles. The number of aryl methyl sites for hydroxylation is 2. The van der Waals surface area contributed by atoms with Crippen LogP contribution in [0.2, 0.25) is 0 Å². The number of benzene rings is 1. The van der Waals surface area contributed by atoms with Crippen LogP contribution in [0.5, 0.6) is 0 Å². The number of hydrogen-bond acceptors (Lipinski definition) is 6. The highest BCUT2D eigenvalue weighted by atomic mass is 32.2. The number of nitrogens with one attached hydrogen (secondary N) is 1. The minimum atomic E-state index is -0.429. The second-order valence-corrected chi connectivity index (χ2v) is 6.98. The summed E-state index contributed by atoms with van der Waals surface area (Å²) in [6.07, 6.45) is 1.57. The first-order valence-electron chi connectivity index (χ1n) is 6.96. The van der Waals surface area contributed by atoms with E-state index in [4.69, 9.17) is 16.6 Å². The molecular weight excluding hydrogens is 348 g/mol. The summed E-state index contributed by atoms with van der Waals surface area (Å²) in [7, 11) is 0. The molecule has 6 nitrogen and oxygen atoms in total. The van der Waals surface area contributed by atoms with Crippen LogP contribution in [0, 0.1) is 24.0 Å². The largest absolute Gasteiger partial charge is 0.456 e. The van der Waals surface area contributed by atoms with Crippen LogP contribution in [0.3, 0.4) is 0 Å². The lowest BCUT2D eigenvalue weighted by atomic mass is 10.0. The molecule has 0 bridgehead atoms. The van der Waals surface area contributed by atoms with Crippen LogP contribution in [0.25, 0.3) is 17.4 Å². The molecule has 8 heteroatoms. The summed E-state index contributed by atoms with van der Waals surface area (Å²) >= 11 is 6.08. The standard InChI is InChI=1S/C16H12N2O4S2/c1-8-5-11(12(18(20)21)6-9(8)2)13-4-3-10(22-13)7-14-15(19)17-16(23)24-14/h3-7H,1-2H3,(H,17,19,23)/b14-7-. The van der Waals surface area contributed by atoms with Gasteiger partial charge in [0, 0.05) is 12.1 Å². The molecule has 122 valence electrons. The van der Waals surface area contributed by atoms with Gasteiger partial charge in [0.1, 0.15) is 15.8 Å². The fraction of sp³-hybridized carbons (Fsp3) is 0.125. The molecule has 3 rings (SSSR count). The van der Waals surface area contributed by atoms with E-state index in [0.29, 0.717) is 26.3 Å².